The van der Waals surface area contributed by atoms with Gasteiger partial charge in [-0.3, -0.25) is 9.78 Å². The molecule has 0 saturated carbocycles. The Morgan fingerprint density at radius 2 is 1.69 bits per heavy atom. The van der Waals surface area contributed by atoms with Gasteiger partial charge in [-0.2, -0.15) is 26.3 Å². The minimum absolute atomic E-state index is 0. The Labute approximate surface area is 224 Å². The summed E-state index contributed by atoms with van der Waals surface area (Å²) in [5.41, 5.74) is -2.65. The van der Waals surface area contributed by atoms with Crippen molar-refractivity contribution in [1.82, 2.24) is 19.7 Å². The lowest BCUT2D eigenvalue weighted by Gasteiger charge is -2.14. The van der Waals surface area contributed by atoms with Gasteiger partial charge in [0, 0.05) is 23.5 Å². The predicted molar refractivity (Wildman–Crippen MR) is 122 cm³/mol. The number of anilines is 2. The maximum Gasteiger partial charge on any atom is 0.418 e. The van der Waals surface area contributed by atoms with E-state index in [1.807, 2.05) is 0 Å². The van der Waals surface area contributed by atoms with Gasteiger partial charge in [0.1, 0.15) is 0 Å². The topological polar surface area (TPSA) is 85.3 Å². The number of aromatic nitrogens is 5. The number of carbonyl (C=O) groups excluding carboxylic acids is 1. The summed E-state index contributed by atoms with van der Waals surface area (Å²) < 4.78 is 87.1. The van der Waals surface area contributed by atoms with Crippen LogP contribution in [0.25, 0.3) is 16.9 Å². The van der Waals surface area contributed by atoms with Gasteiger partial charge in [0.15, 0.2) is 0 Å². The monoisotopic (exact) mass is 574 g/mol. The molecule has 0 radical (unpaired) electrons. The Kier molecular flexibility index (Phi) is 8.10. The number of hydrogen-bond donors (Lipinski definition) is 1. The highest BCUT2D eigenvalue weighted by atomic mass is 35.5. The second kappa shape index (κ2) is 10.7. The molecule has 0 unspecified atom stereocenters. The first-order valence-corrected chi connectivity index (χ1v) is 11.1. The lowest BCUT2D eigenvalue weighted by atomic mass is 9.98. The largest absolute Gasteiger partial charge is 1.00 e. The Hall–Kier alpha value is -3.94. The standard InChI is InChI=1S/C24H21F6N6O2.ClH/c1-22(2,3)20(37)38-13-35-18-11-14(19-17(24(28,29)30)5-4-10-31-19)12-32-36(18)21(34-35)33-16-8-6-15(7-9-16)23(25,26)27;/h4-12H,13H2,1-3H3,(H,33,34);1H/q+1;/p-1. The minimum atomic E-state index is -4.68. The summed E-state index contributed by atoms with van der Waals surface area (Å²) in [5, 5.41) is 11.3. The number of fused-ring (bicyclic) bond motifs is 1. The van der Waals surface area contributed by atoms with Crippen molar-refractivity contribution in [2.24, 2.45) is 5.41 Å². The van der Waals surface area contributed by atoms with Crippen molar-refractivity contribution < 1.29 is 53.0 Å². The molecule has 15 heteroatoms. The van der Waals surface area contributed by atoms with E-state index in [4.69, 9.17) is 4.74 Å². The highest BCUT2D eigenvalue weighted by molar-refractivity contribution is 5.75. The number of pyridine rings is 1. The van der Waals surface area contributed by atoms with Crippen LogP contribution in [0.4, 0.5) is 38.0 Å². The molecule has 0 aliphatic heterocycles. The molecule has 3 heterocycles. The fourth-order valence-corrected chi connectivity index (χ4v) is 3.35. The molecule has 8 nitrogen and oxygen atoms in total. The summed E-state index contributed by atoms with van der Waals surface area (Å²) in [6, 6.07) is 7.51. The third-order valence-electron chi connectivity index (χ3n) is 5.28. The van der Waals surface area contributed by atoms with Crippen molar-refractivity contribution in [3.05, 3.63) is 66.0 Å². The molecule has 0 atom stereocenters. The predicted octanol–water partition coefficient (Wildman–Crippen LogP) is 2.41. The summed E-state index contributed by atoms with van der Waals surface area (Å²) in [4.78, 5) is 16.2. The van der Waals surface area contributed by atoms with E-state index in [1.54, 1.807) is 20.8 Å². The van der Waals surface area contributed by atoms with Crippen molar-refractivity contribution in [2.75, 3.05) is 5.32 Å². The van der Waals surface area contributed by atoms with Gasteiger partial charge in [-0.05, 0) is 62.3 Å². The van der Waals surface area contributed by atoms with Crippen LogP contribution in [0.5, 0.6) is 0 Å². The molecule has 0 aliphatic rings. The van der Waals surface area contributed by atoms with E-state index in [1.165, 1.54) is 33.6 Å². The number of ether oxygens (including phenoxy) is 1. The first-order chi connectivity index (χ1) is 17.6. The van der Waals surface area contributed by atoms with Gasteiger partial charge in [0.25, 0.3) is 6.73 Å². The number of hydrogen-bond acceptors (Lipinski definition) is 6. The van der Waals surface area contributed by atoms with Gasteiger partial charge < -0.3 is 22.5 Å². The van der Waals surface area contributed by atoms with Crippen molar-refractivity contribution in [1.29, 1.82) is 0 Å². The van der Waals surface area contributed by atoms with Crippen molar-refractivity contribution in [2.45, 2.75) is 39.9 Å². The normalized spacial score (nSPS) is 12.2. The molecule has 3 aromatic heterocycles. The zero-order valence-corrected chi connectivity index (χ0v) is 21.4. The van der Waals surface area contributed by atoms with E-state index >= 15 is 0 Å². The number of esters is 1. The molecular formula is C24H21ClF6N6O2. The summed E-state index contributed by atoms with van der Waals surface area (Å²) in [7, 11) is 0. The maximum absolute atomic E-state index is 13.6. The molecule has 0 fully saturated rings. The van der Waals surface area contributed by atoms with E-state index < -0.39 is 41.6 Å². The first kappa shape index (κ1) is 29.6. The van der Waals surface area contributed by atoms with Gasteiger partial charge in [-0.1, -0.05) is 14.3 Å². The van der Waals surface area contributed by atoms with Crippen LogP contribution in [-0.2, 0) is 28.6 Å². The number of halogens is 7. The molecule has 0 aliphatic carbocycles. The Bertz CT molecular complexity index is 1480. The molecule has 4 rings (SSSR count). The van der Waals surface area contributed by atoms with Crippen molar-refractivity contribution >= 4 is 23.3 Å². The zero-order valence-electron chi connectivity index (χ0n) is 20.6. The van der Waals surface area contributed by atoms with Gasteiger partial charge >= 0.3 is 29.9 Å². The maximum atomic E-state index is 13.6. The zero-order chi connectivity index (χ0) is 27.9. The molecule has 1 N–H and O–H groups in total. The summed E-state index contributed by atoms with van der Waals surface area (Å²) in [5.74, 6) is -0.549. The van der Waals surface area contributed by atoms with Crippen LogP contribution >= 0.6 is 0 Å². The highest BCUT2D eigenvalue weighted by Crippen LogP contribution is 2.36. The number of benzene rings is 1. The van der Waals surface area contributed by atoms with E-state index in [2.05, 4.69) is 20.5 Å². The number of carbonyl (C=O) groups is 1. The fraction of sp³-hybridized carbons (Fsp3) is 0.292. The highest BCUT2D eigenvalue weighted by Gasteiger charge is 2.35. The minimum Gasteiger partial charge on any atom is -1.00 e. The van der Waals surface area contributed by atoms with Crippen LogP contribution in [0.3, 0.4) is 0 Å². The Balaban J connectivity index is 0.00000420. The Morgan fingerprint density at radius 3 is 2.28 bits per heavy atom. The molecule has 0 bridgehead atoms. The van der Waals surface area contributed by atoms with Crippen LogP contribution < -0.4 is 22.4 Å². The average molecular weight is 575 g/mol. The van der Waals surface area contributed by atoms with E-state index in [9.17, 15) is 31.1 Å². The van der Waals surface area contributed by atoms with Crippen LogP contribution in [0.1, 0.15) is 31.9 Å². The lowest BCUT2D eigenvalue weighted by molar-refractivity contribution is -0.755. The summed E-state index contributed by atoms with van der Waals surface area (Å²) in [6.07, 6.45) is -6.84. The molecular weight excluding hydrogens is 554 g/mol. The molecule has 1 aromatic carbocycles. The van der Waals surface area contributed by atoms with Crippen LogP contribution in [-0.4, -0.2) is 25.7 Å². The first-order valence-electron chi connectivity index (χ1n) is 11.1. The van der Waals surface area contributed by atoms with Gasteiger partial charge in [-0.15, -0.1) is 0 Å². The van der Waals surface area contributed by atoms with Crippen LogP contribution in [0.2, 0.25) is 0 Å². The molecule has 208 valence electrons. The molecule has 0 saturated heterocycles. The molecule has 4 aromatic rings. The molecule has 39 heavy (non-hydrogen) atoms. The van der Waals surface area contributed by atoms with Gasteiger partial charge in [0.05, 0.1) is 28.4 Å². The SMILES string of the molecule is CC(C)(C)C(=O)OC[n+]1nc(Nc2ccc(C(F)(F)F)cc2)n2ncc(-c3ncccc3C(F)(F)F)cc21.[Cl-]. The summed E-state index contributed by atoms with van der Waals surface area (Å²) >= 11 is 0. The quantitative estimate of drug-likeness (QED) is 0.224. The third kappa shape index (κ3) is 6.56. The molecule has 0 amide bonds. The van der Waals surface area contributed by atoms with Crippen molar-refractivity contribution in [3.8, 4) is 11.3 Å². The number of nitrogens with zero attached hydrogens (tertiary/aromatic N) is 5. The van der Waals surface area contributed by atoms with Gasteiger partial charge in [0.2, 0.25) is 0 Å². The smallest absolute Gasteiger partial charge is 0.418 e. The average Bonchev–Trinajstić information content (AvgIpc) is 3.17. The molecule has 0 spiro atoms. The fourth-order valence-electron chi connectivity index (χ4n) is 3.35. The lowest BCUT2D eigenvalue weighted by Crippen LogP contribution is -3.00. The van der Waals surface area contributed by atoms with Crippen molar-refractivity contribution in [3.63, 3.8) is 0 Å². The van der Waals surface area contributed by atoms with E-state index in [0.29, 0.717) is 0 Å². The summed E-state index contributed by atoms with van der Waals surface area (Å²) in [6.45, 7) is 4.51. The number of nitrogens with one attached hydrogen (secondary N) is 1. The Morgan fingerprint density at radius 1 is 1.03 bits per heavy atom. The number of rotatable bonds is 5. The van der Waals surface area contributed by atoms with Crippen LogP contribution in [0.15, 0.2) is 54.9 Å². The van der Waals surface area contributed by atoms with Gasteiger partial charge in [-0.25, -0.2) is 0 Å². The van der Waals surface area contributed by atoms with Crippen LogP contribution in [0, 0.1) is 5.41 Å². The third-order valence-corrected chi connectivity index (χ3v) is 5.28. The second-order valence-corrected chi connectivity index (χ2v) is 9.25. The second-order valence-electron chi connectivity index (χ2n) is 9.25. The van der Waals surface area contributed by atoms with E-state index in [0.717, 1.165) is 30.5 Å². The number of alkyl halides is 6. The van der Waals surface area contributed by atoms with E-state index in [-0.39, 0.29) is 40.9 Å².